The Bertz CT molecular complexity index is 470. The summed E-state index contributed by atoms with van der Waals surface area (Å²) in [4.78, 5) is 11.2. The predicted molar refractivity (Wildman–Crippen MR) is 74.5 cm³/mol. The first-order chi connectivity index (χ1) is 9.08. The maximum absolute atomic E-state index is 11.2. The third-order valence-corrected chi connectivity index (χ3v) is 3.76. The third-order valence-electron chi connectivity index (χ3n) is 3.76. The van der Waals surface area contributed by atoms with Crippen LogP contribution in [0.1, 0.15) is 29.6 Å². The summed E-state index contributed by atoms with van der Waals surface area (Å²) in [5.41, 5.74) is 7.33. The van der Waals surface area contributed by atoms with Crippen LogP contribution >= 0.6 is 0 Å². The number of benzene rings is 1. The highest BCUT2D eigenvalue weighted by Gasteiger charge is 2.41. The molecule has 0 bridgehead atoms. The molecule has 1 aliphatic carbocycles. The molecular weight excluding hydrogens is 244 g/mol. The molecule has 0 atom stereocenters. The van der Waals surface area contributed by atoms with E-state index < -0.39 is 5.97 Å². The van der Waals surface area contributed by atoms with Crippen LogP contribution in [0, 0.1) is 5.41 Å². The smallest absolute Gasteiger partial charge is 0.337 e. The standard InChI is InChI=1S/C14H20N2O3/c1-19-8-7-14(5-6-14)9-16-12-10(13(17)18)3-2-4-11(12)15/h2-4,16H,5-9,15H2,1H3,(H,17,18). The van der Waals surface area contributed by atoms with E-state index in [1.165, 1.54) is 0 Å². The van der Waals surface area contributed by atoms with Crippen LogP contribution in [-0.2, 0) is 4.74 Å². The van der Waals surface area contributed by atoms with Crippen LogP contribution in [0.15, 0.2) is 18.2 Å². The van der Waals surface area contributed by atoms with Crippen molar-refractivity contribution in [3.05, 3.63) is 23.8 Å². The third kappa shape index (κ3) is 3.17. The van der Waals surface area contributed by atoms with E-state index in [1.54, 1.807) is 25.3 Å². The Labute approximate surface area is 112 Å². The average molecular weight is 264 g/mol. The first kappa shape index (κ1) is 13.7. The molecular formula is C14H20N2O3. The summed E-state index contributed by atoms with van der Waals surface area (Å²) in [6.07, 6.45) is 3.29. The summed E-state index contributed by atoms with van der Waals surface area (Å²) in [6, 6.07) is 4.93. The predicted octanol–water partition coefficient (Wildman–Crippen LogP) is 2.20. The summed E-state index contributed by atoms with van der Waals surface area (Å²) < 4.78 is 5.11. The molecule has 19 heavy (non-hydrogen) atoms. The molecule has 1 aromatic rings. The number of methoxy groups -OCH3 is 1. The number of hydrogen-bond acceptors (Lipinski definition) is 4. The molecule has 0 aromatic heterocycles. The monoisotopic (exact) mass is 264 g/mol. The number of carboxylic acids is 1. The molecule has 2 rings (SSSR count). The average Bonchev–Trinajstić information content (AvgIpc) is 3.15. The summed E-state index contributed by atoms with van der Waals surface area (Å²) in [5, 5.41) is 12.4. The summed E-state index contributed by atoms with van der Waals surface area (Å²) >= 11 is 0. The van der Waals surface area contributed by atoms with Crippen molar-refractivity contribution in [2.45, 2.75) is 19.3 Å². The second-order valence-corrected chi connectivity index (χ2v) is 5.17. The number of nitrogen functional groups attached to an aromatic ring is 1. The van der Waals surface area contributed by atoms with Gasteiger partial charge in [0.05, 0.1) is 16.9 Å². The molecule has 1 aromatic carbocycles. The molecule has 0 spiro atoms. The van der Waals surface area contributed by atoms with Gasteiger partial charge in [0.2, 0.25) is 0 Å². The van der Waals surface area contributed by atoms with Crippen LogP contribution in [0.3, 0.4) is 0 Å². The highest BCUT2D eigenvalue weighted by molar-refractivity contribution is 5.97. The molecule has 0 saturated heterocycles. The van der Waals surface area contributed by atoms with Gasteiger partial charge in [0.1, 0.15) is 0 Å². The second-order valence-electron chi connectivity index (χ2n) is 5.17. The maximum atomic E-state index is 11.2. The minimum atomic E-state index is -0.962. The number of ether oxygens (including phenoxy) is 1. The van der Waals surface area contributed by atoms with E-state index in [0.29, 0.717) is 11.4 Å². The van der Waals surface area contributed by atoms with Crippen LogP contribution in [0.5, 0.6) is 0 Å². The number of nitrogens with one attached hydrogen (secondary N) is 1. The summed E-state index contributed by atoms with van der Waals surface area (Å²) in [5.74, 6) is -0.962. The quantitative estimate of drug-likeness (QED) is 0.657. The van der Waals surface area contributed by atoms with Gasteiger partial charge in [0.25, 0.3) is 0 Å². The largest absolute Gasteiger partial charge is 0.478 e. The molecule has 0 heterocycles. The van der Waals surface area contributed by atoms with Crippen LogP contribution in [0.25, 0.3) is 0 Å². The fourth-order valence-corrected chi connectivity index (χ4v) is 2.23. The topological polar surface area (TPSA) is 84.6 Å². The fraction of sp³-hybridized carbons (Fsp3) is 0.500. The lowest BCUT2D eigenvalue weighted by molar-refractivity contribution is 0.0698. The number of aromatic carboxylic acids is 1. The maximum Gasteiger partial charge on any atom is 0.337 e. The molecule has 0 aliphatic heterocycles. The van der Waals surface area contributed by atoms with Gasteiger partial charge in [0, 0.05) is 20.3 Å². The van der Waals surface area contributed by atoms with E-state index in [-0.39, 0.29) is 11.0 Å². The van der Waals surface area contributed by atoms with E-state index >= 15 is 0 Å². The lowest BCUT2D eigenvalue weighted by atomic mass is 10.0. The van der Waals surface area contributed by atoms with Crippen LogP contribution < -0.4 is 11.1 Å². The summed E-state index contributed by atoms with van der Waals surface area (Å²) in [6.45, 7) is 1.47. The zero-order valence-electron chi connectivity index (χ0n) is 11.1. The second kappa shape index (κ2) is 5.48. The lowest BCUT2D eigenvalue weighted by Gasteiger charge is -2.18. The number of nitrogens with two attached hydrogens (primary N) is 1. The zero-order chi connectivity index (χ0) is 13.9. The molecule has 1 saturated carbocycles. The zero-order valence-corrected chi connectivity index (χ0v) is 11.1. The van der Waals surface area contributed by atoms with Crippen LogP contribution in [0.2, 0.25) is 0 Å². The molecule has 5 heteroatoms. The van der Waals surface area contributed by atoms with Crippen molar-refractivity contribution in [1.29, 1.82) is 0 Å². The van der Waals surface area contributed by atoms with Gasteiger partial charge in [0.15, 0.2) is 0 Å². The highest BCUT2D eigenvalue weighted by Crippen LogP contribution is 2.49. The summed E-state index contributed by atoms with van der Waals surface area (Å²) in [7, 11) is 1.70. The molecule has 104 valence electrons. The van der Waals surface area contributed by atoms with Crippen LogP contribution in [-0.4, -0.2) is 31.3 Å². The highest BCUT2D eigenvalue weighted by atomic mass is 16.5. The normalized spacial score (nSPS) is 16.1. The minimum Gasteiger partial charge on any atom is -0.478 e. The molecule has 1 aliphatic rings. The van der Waals surface area contributed by atoms with Gasteiger partial charge in [-0.05, 0) is 36.8 Å². The number of carboxylic acid groups (broad SMARTS) is 1. The van der Waals surface area contributed by atoms with E-state index in [2.05, 4.69) is 5.32 Å². The van der Waals surface area contributed by atoms with Crippen molar-refractivity contribution in [3.8, 4) is 0 Å². The first-order valence-electron chi connectivity index (χ1n) is 6.43. The van der Waals surface area contributed by atoms with Gasteiger partial charge in [-0.1, -0.05) is 6.07 Å². The Morgan fingerprint density at radius 3 is 2.84 bits per heavy atom. The number of carbonyl (C=O) groups is 1. The van der Waals surface area contributed by atoms with Crippen molar-refractivity contribution in [2.24, 2.45) is 5.41 Å². The molecule has 0 unspecified atom stereocenters. The van der Waals surface area contributed by atoms with E-state index in [9.17, 15) is 4.79 Å². The molecule has 0 radical (unpaired) electrons. The van der Waals surface area contributed by atoms with Crippen molar-refractivity contribution in [1.82, 2.24) is 0 Å². The number of para-hydroxylation sites is 1. The van der Waals surface area contributed by atoms with E-state index in [0.717, 1.165) is 32.4 Å². The SMILES string of the molecule is COCCC1(CNc2c(N)cccc2C(=O)O)CC1. The fourth-order valence-electron chi connectivity index (χ4n) is 2.23. The van der Waals surface area contributed by atoms with Gasteiger partial charge < -0.3 is 20.9 Å². The molecule has 0 amide bonds. The molecule has 4 N–H and O–H groups in total. The Morgan fingerprint density at radius 1 is 1.53 bits per heavy atom. The van der Waals surface area contributed by atoms with Gasteiger partial charge in [-0.15, -0.1) is 0 Å². The van der Waals surface area contributed by atoms with E-state index in [4.69, 9.17) is 15.6 Å². The Morgan fingerprint density at radius 2 is 2.26 bits per heavy atom. The van der Waals surface area contributed by atoms with E-state index in [1.807, 2.05) is 0 Å². The number of anilines is 2. The first-order valence-corrected chi connectivity index (χ1v) is 6.43. The van der Waals surface area contributed by atoms with Crippen molar-refractivity contribution in [3.63, 3.8) is 0 Å². The van der Waals surface area contributed by atoms with Crippen molar-refractivity contribution >= 4 is 17.3 Å². The number of rotatable bonds is 7. The molecule has 5 nitrogen and oxygen atoms in total. The van der Waals surface area contributed by atoms with Gasteiger partial charge in [-0.25, -0.2) is 4.79 Å². The number of hydrogen-bond donors (Lipinski definition) is 3. The van der Waals surface area contributed by atoms with Gasteiger partial charge in [-0.3, -0.25) is 0 Å². The Balaban J connectivity index is 2.05. The van der Waals surface area contributed by atoms with Crippen LogP contribution in [0.4, 0.5) is 11.4 Å². The van der Waals surface area contributed by atoms with Crippen molar-refractivity contribution in [2.75, 3.05) is 31.3 Å². The van der Waals surface area contributed by atoms with Gasteiger partial charge in [-0.2, -0.15) is 0 Å². The van der Waals surface area contributed by atoms with Crippen molar-refractivity contribution < 1.29 is 14.6 Å². The lowest BCUT2D eigenvalue weighted by Crippen LogP contribution is -2.19. The minimum absolute atomic E-state index is 0.225. The molecule has 1 fully saturated rings. The Hall–Kier alpha value is -1.75. The van der Waals surface area contributed by atoms with Gasteiger partial charge >= 0.3 is 5.97 Å². The Kier molecular flexibility index (Phi) is 3.95.